The Balaban J connectivity index is 2.78. The van der Waals surface area contributed by atoms with E-state index in [2.05, 4.69) is 17.0 Å². The zero-order valence-electron chi connectivity index (χ0n) is 7.54. The highest BCUT2D eigenvalue weighted by molar-refractivity contribution is 7.80. The lowest BCUT2D eigenvalue weighted by Gasteiger charge is -2.07. The highest BCUT2D eigenvalue weighted by Gasteiger charge is 2.08. The molecule has 0 bridgehead atoms. The average molecular weight is 235 g/mol. The Labute approximate surface area is 89.8 Å². The summed E-state index contributed by atoms with van der Waals surface area (Å²) in [6.07, 6.45) is -2.59. The maximum atomic E-state index is 13.2. The second kappa shape index (κ2) is 4.97. The van der Waals surface area contributed by atoms with E-state index in [0.29, 0.717) is 0 Å². The molecule has 0 radical (unpaired) electrons. The Morgan fingerprint density at radius 3 is 2.60 bits per heavy atom. The molecule has 1 aromatic carbocycles. The van der Waals surface area contributed by atoms with E-state index < -0.39 is 18.8 Å². The van der Waals surface area contributed by atoms with Crippen molar-refractivity contribution >= 4 is 17.2 Å². The molecular formula is C9H8F3NOS. The standard InChI is InChI=1S/C9H8F3NOS/c10-7-3-5(14-4-8(11)12)1-2-6(7)9(13)15/h1-3,8H,4H2,(H2,13,15). The minimum atomic E-state index is -2.59. The first-order chi connectivity index (χ1) is 7.00. The summed E-state index contributed by atoms with van der Waals surface area (Å²) >= 11 is 4.58. The summed E-state index contributed by atoms with van der Waals surface area (Å²) in [7, 11) is 0. The van der Waals surface area contributed by atoms with Gasteiger partial charge >= 0.3 is 0 Å². The number of thiocarbonyl (C=S) groups is 1. The summed E-state index contributed by atoms with van der Waals surface area (Å²) in [5, 5.41) is 0. The van der Waals surface area contributed by atoms with Gasteiger partial charge in [0.25, 0.3) is 6.43 Å². The van der Waals surface area contributed by atoms with E-state index in [1.54, 1.807) is 0 Å². The Morgan fingerprint density at radius 1 is 1.47 bits per heavy atom. The molecule has 2 nitrogen and oxygen atoms in total. The second-order valence-corrected chi connectivity index (χ2v) is 3.15. The normalized spacial score (nSPS) is 10.4. The molecule has 6 heteroatoms. The van der Waals surface area contributed by atoms with Crippen LogP contribution in [-0.4, -0.2) is 18.0 Å². The van der Waals surface area contributed by atoms with Crippen LogP contribution in [0.3, 0.4) is 0 Å². The van der Waals surface area contributed by atoms with Gasteiger partial charge in [-0.05, 0) is 12.1 Å². The largest absolute Gasteiger partial charge is 0.488 e. The van der Waals surface area contributed by atoms with Crippen LogP contribution in [0.2, 0.25) is 0 Å². The van der Waals surface area contributed by atoms with Crippen LogP contribution in [0.1, 0.15) is 5.56 Å². The van der Waals surface area contributed by atoms with Gasteiger partial charge in [-0.1, -0.05) is 12.2 Å². The number of hydrogen-bond donors (Lipinski definition) is 1. The summed E-state index contributed by atoms with van der Waals surface area (Å²) < 4.78 is 41.3. The van der Waals surface area contributed by atoms with Gasteiger partial charge in [0.15, 0.2) is 0 Å². The fraction of sp³-hybridized carbons (Fsp3) is 0.222. The molecule has 0 saturated heterocycles. The van der Waals surface area contributed by atoms with Gasteiger partial charge in [0, 0.05) is 11.6 Å². The summed E-state index contributed by atoms with van der Waals surface area (Å²) in [6.45, 7) is -0.772. The van der Waals surface area contributed by atoms with Gasteiger partial charge in [0.05, 0.1) is 0 Å². The molecule has 0 amide bonds. The molecule has 0 saturated carbocycles. The summed E-state index contributed by atoms with van der Waals surface area (Å²) in [4.78, 5) is -0.0899. The topological polar surface area (TPSA) is 35.2 Å². The monoisotopic (exact) mass is 235 g/mol. The molecule has 82 valence electrons. The minimum absolute atomic E-state index is 0.0211. The predicted molar refractivity (Wildman–Crippen MR) is 53.8 cm³/mol. The van der Waals surface area contributed by atoms with Crippen molar-refractivity contribution in [1.29, 1.82) is 0 Å². The molecule has 0 aliphatic heterocycles. The molecule has 1 aromatic rings. The smallest absolute Gasteiger partial charge is 0.272 e. The summed E-state index contributed by atoms with van der Waals surface area (Å²) in [5.74, 6) is -0.665. The van der Waals surface area contributed by atoms with E-state index in [9.17, 15) is 13.2 Å². The molecule has 0 aromatic heterocycles. The minimum Gasteiger partial charge on any atom is -0.488 e. The molecule has 0 fully saturated rings. The molecule has 0 aliphatic rings. The first-order valence-corrected chi connectivity index (χ1v) is 4.42. The number of benzene rings is 1. The van der Waals surface area contributed by atoms with Crippen molar-refractivity contribution in [3.05, 3.63) is 29.6 Å². The average Bonchev–Trinajstić information content (AvgIpc) is 2.14. The molecule has 0 atom stereocenters. The van der Waals surface area contributed by atoms with Crippen molar-refractivity contribution in [3.8, 4) is 5.75 Å². The quantitative estimate of drug-likeness (QED) is 0.812. The van der Waals surface area contributed by atoms with E-state index in [1.807, 2.05) is 0 Å². The van der Waals surface area contributed by atoms with Crippen LogP contribution in [0.15, 0.2) is 18.2 Å². The lowest BCUT2D eigenvalue weighted by atomic mass is 10.2. The van der Waals surface area contributed by atoms with Crippen molar-refractivity contribution in [2.24, 2.45) is 5.73 Å². The van der Waals surface area contributed by atoms with Gasteiger partial charge in [-0.2, -0.15) is 0 Å². The molecule has 2 N–H and O–H groups in total. The Bertz CT molecular complexity index is 370. The number of alkyl halides is 2. The molecular weight excluding hydrogens is 227 g/mol. The molecule has 0 aliphatic carbocycles. The highest BCUT2D eigenvalue weighted by atomic mass is 32.1. The van der Waals surface area contributed by atoms with E-state index in [1.165, 1.54) is 12.1 Å². The van der Waals surface area contributed by atoms with E-state index in [-0.39, 0.29) is 16.3 Å². The maximum absolute atomic E-state index is 13.2. The predicted octanol–water partition coefficient (Wildman–Crippen LogP) is 2.10. The highest BCUT2D eigenvalue weighted by Crippen LogP contribution is 2.17. The van der Waals surface area contributed by atoms with Crippen LogP contribution in [0.4, 0.5) is 13.2 Å². The third-order valence-electron chi connectivity index (χ3n) is 1.58. The number of halogens is 3. The van der Waals surface area contributed by atoms with E-state index in [4.69, 9.17) is 5.73 Å². The van der Waals surface area contributed by atoms with Gasteiger partial charge in [0.2, 0.25) is 0 Å². The zero-order valence-corrected chi connectivity index (χ0v) is 8.36. The first kappa shape index (κ1) is 11.8. The third-order valence-corrected chi connectivity index (χ3v) is 1.80. The maximum Gasteiger partial charge on any atom is 0.272 e. The fourth-order valence-electron chi connectivity index (χ4n) is 0.945. The molecule has 0 unspecified atom stereocenters. The third kappa shape index (κ3) is 3.39. The van der Waals surface area contributed by atoms with E-state index in [0.717, 1.165) is 6.07 Å². The van der Waals surface area contributed by atoms with Gasteiger partial charge in [-0.25, -0.2) is 13.2 Å². The van der Waals surface area contributed by atoms with Gasteiger partial charge in [0.1, 0.15) is 23.2 Å². The lowest BCUT2D eigenvalue weighted by molar-refractivity contribution is 0.0817. The van der Waals surface area contributed by atoms with Crippen LogP contribution in [0, 0.1) is 5.82 Å². The van der Waals surface area contributed by atoms with Crippen molar-refractivity contribution < 1.29 is 17.9 Å². The summed E-state index contributed by atoms with van der Waals surface area (Å²) in [6, 6.07) is 3.59. The van der Waals surface area contributed by atoms with Crippen molar-refractivity contribution in [3.63, 3.8) is 0 Å². The number of hydrogen-bond acceptors (Lipinski definition) is 2. The van der Waals surface area contributed by atoms with Gasteiger partial charge in [-0.15, -0.1) is 0 Å². The van der Waals surface area contributed by atoms with Crippen molar-refractivity contribution in [2.45, 2.75) is 6.43 Å². The van der Waals surface area contributed by atoms with Gasteiger partial charge < -0.3 is 10.5 Å². The van der Waals surface area contributed by atoms with E-state index >= 15 is 0 Å². The van der Waals surface area contributed by atoms with Crippen LogP contribution in [-0.2, 0) is 0 Å². The lowest BCUT2D eigenvalue weighted by Crippen LogP contribution is -2.12. The van der Waals surface area contributed by atoms with Crippen LogP contribution >= 0.6 is 12.2 Å². The Morgan fingerprint density at radius 2 is 2.13 bits per heavy atom. The van der Waals surface area contributed by atoms with Crippen LogP contribution < -0.4 is 10.5 Å². The second-order valence-electron chi connectivity index (χ2n) is 2.71. The Kier molecular flexibility index (Phi) is 3.90. The van der Waals surface area contributed by atoms with Gasteiger partial charge in [-0.3, -0.25) is 0 Å². The molecule has 1 rings (SSSR count). The van der Waals surface area contributed by atoms with Crippen molar-refractivity contribution in [2.75, 3.05) is 6.61 Å². The first-order valence-electron chi connectivity index (χ1n) is 4.01. The van der Waals surface area contributed by atoms with Crippen LogP contribution in [0.5, 0.6) is 5.75 Å². The number of nitrogens with two attached hydrogens (primary N) is 1. The zero-order chi connectivity index (χ0) is 11.4. The van der Waals surface area contributed by atoms with Crippen molar-refractivity contribution in [1.82, 2.24) is 0 Å². The summed E-state index contributed by atoms with van der Waals surface area (Å²) in [5.41, 5.74) is 5.28. The Hall–Kier alpha value is -1.30. The molecule has 0 heterocycles. The SMILES string of the molecule is NC(=S)c1ccc(OCC(F)F)cc1F. The van der Waals surface area contributed by atoms with Crippen LogP contribution in [0.25, 0.3) is 0 Å². The fourth-order valence-corrected chi connectivity index (χ4v) is 1.11. The number of rotatable bonds is 4. The number of ether oxygens (including phenoxy) is 1. The molecule has 0 spiro atoms. The molecule has 15 heavy (non-hydrogen) atoms.